The Balaban J connectivity index is 1.34. The molecule has 28 heavy (non-hydrogen) atoms. The van der Waals surface area contributed by atoms with Crippen LogP contribution in [0.3, 0.4) is 0 Å². The Hall–Kier alpha value is -3.16. The maximum absolute atomic E-state index is 11.9. The Morgan fingerprint density at radius 2 is 2.00 bits per heavy atom. The van der Waals surface area contributed by atoms with Gasteiger partial charge in [0.2, 0.25) is 5.69 Å². The first-order valence-corrected chi connectivity index (χ1v) is 9.59. The number of esters is 1. The van der Waals surface area contributed by atoms with Crippen LogP contribution >= 0.6 is 0 Å². The highest BCUT2D eigenvalue weighted by molar-refractivity contribution is 5.89. The van der Waals surface area contributed by atoms with Crippen LogP contribution in [0, 0.1) is 0 Å². The quantitative estimate of drug-likeness (QED) is 0.659. The van der Waals surface area contributed by atoms with Crippen LogP contribution in [-0.4, -0.2) is 43.9 Å². The number of hydrogen-bond donors (Lipinski definition) is 1. The summed E-state index contributed by atoms with van der Waals surface area (Å²) < 4.78 is 12.8. The number of benzene rings is 1. The maximum atomic E-state index is 11.9. The predicted octanol–water partition coefficient (Wildman–Crippen LogP) is 3.27. The number of carbonyl (C=O) groups is 1. The fourth-order valence-electron chi connectivity index (χ4n) is 3.63. The van der Waals surface area contributed by atoms with Crippen molar-refractivity contribution in [3.05, 3.63) is 54.0 Å². The van der Waals surface area contributed by atoms with Gasteiger partial charge in [-0.15, -0.1) is 0 Å². The highest BCUT2D eigenvalue weighted by Gasteiger charge is 2.27. The molecule has 8 nitrogen and oxygen atoms in total. The van der Waals surface area contributed by atoms with E-state index in [9.17, 15) is 4.79 Å². The van der Waals surface area contributed by atoms with E-state index >= 15 is 0 Å². The van der Waals surface area contributed by atoms with Gasteiger partial charge < -0.3 is 9.47 Å². The van der Waals surface area contributed by atoms with Gasteiger partial charge in [0.15, 0.2) is 0 Å². The third-order valence-electron chi connectivity index (χ3n) is 5.08. The average molecular weight is 381 g/mol. The standard InChI is InChI=1S/C20H23N5O3/c1-2-27-20(26)18-19(23-24-22-18)28-17-10-6-15(7-11-17)14-4-8-16(9-5-14)25-13-3-12-21-25/h3-5,8-9,12-13,15,17H,2,6-7,10-11H2,1H3,(H,22,23,24). The SMILES string of the molecule is CCOC(=O)c1[nH]nnc1OC1CCC(c2ccc(-n3cccn3)cc2)CC1. The summed E-state index contributed by atoms with van der Waals surface area (Å²) in [6.45, 7) is 2.05. The van der Waals surface area contributed by atoms with Crippen molar-refractivity contribution in [1.29, 1.82) is 0 Å². The molecule has 0 atom stereocenters. The Bertz CT molecular complexity index is 896. The van der Waals surface area contributed by atoms with Crippen LogP contribution in [-0.2, 0) is 4.74 Å². The summed E-state index contributed by atoms with van der Waals surface area (Å²) in [6.07, 6.45) is 7.60. The molecule has 0 radical (unpaired) electrons. The molecule has 1 aliphatic rings. The third kappa shape index (κ3) is 3.90. The van der Waals surface area contributed by atoms with Crippen molar-refractivity contribution in [2.75, 3.05) is 6.61 Å². The van der Waals surface area contributed by atoms with Gasteiger partial charge in [0.25, 0.3) is 5.88 Å². The van der Waals surface area contributed by atoms with E-state index in [1.54, 1.807) is 13.1 Å². The number of nitrogens with one attached hydrogen (secondary N) is 1. The van der Waals surface area contributed by atoms with E-state index in [0.29, 0.717) is 12.5 Å². The molecule has 1 aromatic carbocycles. The van der Waals surface area contributed by atoms with E-state index in [4.69, 9.17) is 9.47 Å². The topological polar surface area (TPSA) is 94.9 Å². The van der Waals surface area contributed by atoms with Crippen molar-refractivity contribution in [3.63, 3.8) is 0 Å². The number of hydrogen-bond acceptors (Lipinski definition) is 6. The zero-order valence-corrected chi connectivity index (χ0v) is 15.7. The largest absolute Gasteiger partial charge is 0.472 e. The number of aromatic amines is 1. The first kappa shape index (κ1) is 18.2. The lowest BCUT2D eigenvalue weighted by Gasteiger charge is -2.28. The van der Waals surface area contributed by atoms with Crippen molar-refractivity contribution < 1.29 is 14.3 Å². The van der Waals surface area contributed by atoms with E-state index in [-0.39, 0.29) is 17.7 Å². The molecule has 146 valence electrons. The van der Waals surface area contributed by atoms with Crippen LogP contribution in [0.4, 0.5) is 0 Å². The lowest BCUT2D eigenvalue weighted by molar-refractivity contribution is 0.0508. The first-order chi connectivity index (χ1) is 13.7. The van der Waals surface area contributed by atoms with Crippen molar-refractivity contribution in [1.82, 2.24) is 25.2 Å². The lowest BCUT2D eigenvalue weighted by atomic mass is 9.82. The number of ether oxygens (including phenoxy) is 2. The molecule has 1 aliphatic carbocycles. The molecule has 3 aromatic rings. The highest BCUT2D eigenvalue weighted by atomic mass is 16.5. The fourth-order valence-corrected chi connectivity index (χ4v) is 3.63. The summed E-state index contributed by atoms with van der Waals surface area (Å²) in [5, 5.41) is 14.4. The zero-order chi connectivity index (χ0) is 19.3. The number of H-pyrrole nitrogens is 1. The van der Waals surface area contributed by atoms with Crippen LogP contribution in [0.5, 0.6) is 5.88 Å². The van der Waals surface area contributed by atoms with E-state index < -0.39 is 5.97 Å². The molecule has 0 bridgehead atoms. The summed E-state index contributed by atoms with van der Waals surface area (Å²) in [7, 11) is 0. The summed E-state index contributed by atoms with van der Waals surface area (Å²) in [5.41, 5.74) is 2.57. The van der Waals surface area contributed by atoms with Gasteiger partial charge in [0.1, 0.15) is 6.10 Å². The molecule has 1 N–H and O–H groups in total. The third-order valence-corrected chi connectivity index (χ3v) is 5.08. The van der Waals surface area contributed by atoms with Crippen LogP contribution < -0.4 is 4.74 Å². The van der Waals surface area contributed by atoms with Crippen LogP contribution in [0.15, 0.2) is 42.7 Å². The lowest BCUT2D eigenvalue weighted by Crippen LogP contribution is -2.24. The summed E-state index contributed by atoms with van der Waals surface area (Å²) in [4.78, 5) is 11.9. The second-order valence-corrected chi connectivity index (χ2v) is 6.85. The van der Waals surface area contributed by atoms with Gasteiger partial charge in [-0.1, -0.05) is 22.4 Å². The molecule has 1 fully saturated rings. The van der Waals surface area contributed by atoms with Crippen molar-refractivity contribution in [3.8, 4) is 11.6 Å². The predicted molar refractivity (Wildman–Crippen MR) is 102 cm³/mol. The molecule has 4 rings (SSSR count). The average Bonchev–Trinajstić information content (AvgIpc) is 3.41. The molecular formula is C20H23N5O3. The van der Waals surface area contributed by atoms with Crippen molar-refractivity contribution >= 4 is 5.97 Å². The molecule has 2 aromatic heterocycles. The van der Waals surface area contributed by atoms with Crippen molar-refractivity contribution in [2.24, 2.45) is 0 Å². The number of carbonyl (C=O) groups excluding carboxylic acids is 1. The summed E-state index contributed by atoms with van der Waals surface area (Å²) in [6, 6.07) is 10.5. The fraction of sp³-hybridized carbons (Fsp3) is 0.400. The number of rotatable bonds is 6. The Morgan fingerprint density at radius 3 is 2.68 bits per heavy atom. The molecule has 0 spiro atoms. The van der Waals surface area contributed by atoms with Gasteiger partial charge in [-0.3, -0.25) is 0 Å². The van der Waals surface area contributed by atoms with Crippen LogP contribution in [0.25, 0.3) is 5.69 Å². The molecule has 0 amide bonds. The summed E-state index contributed by atoms with van der Waals surface area (Å²) in [5.74, 6) is 0.243. The Kier molecular flexibility index (Phi) is 5.36. The smallest absolute Gasteiger partial charge is 0.362 e. The van der Waals surface area contributed by atoms with Gasteiger partial charge in [-0.05, 0) is 62.3 Å². The molecule has 1 saturated carbocycles. The van der Waals surface area contributed by atoms with Crippen molar-refractivity contribution in [2.45, 2.75) is 44.6 Å². The number of aromatic nitrogens is 5. The second kappa shape index (κ2) is 8.24. The van der Waals surface area contributed by atoms with E-state index in [1.165, 1.54) is 5.56 Å². The molecule has 8 heteroatoms. The molecule has 0 aliphatic heterocycles. The maximum Gasteiger partial charge on any atom is 0.362 e. The molecule has 2 heterocycles. The molecule has 0 unspecified atom stereocenters. The van der Waals surface area contributed by atoms with Crippen LogP contribution in [0.1, 0.15) is 54.6 Å². The second-order valence-electron chi connectivity index (χ2n) is 6.85. The Morgan fingerprint density at radius 1 is 1.21 bits per heavy atom. The zero-order valence-electron chi connectivity index (χ0n) is 15.7. The monoisotopic (exact) mass is 381 g/mol. The minimum absolute atomic E-state index is 0.0258. The van der Waals surface area contributed by atoms with E-state index in [2.05, 4.69) is 44.8 Å². The van der Waals surface area contributed by atoms with E-state index in [1.807, 2.05) is 16.9 Å². The van der Waals surface area contributed by atoms with Gasteiger partial charge >= 0.3 is 5.97 Å². The Labute approximate surface area is 162 Å². The highest BCUT2D eigenvalue weighted by Crippen LogP contribution is 2.35. The number of nitrogens with zero attached hydrogens (tertiary/aromatic N) is 4. The first-order valence-electron chi connectivity index (χ1n) is 9.59. The van der Waals surface area contributed by atoms with Gasteiger partial charge in [0.05, 0.1) is 12.3 Å². The van der Waals surface area contributed by atoms with E-state index in [0.717, 1.165) is 31.4 Å². The normalized spacial score (nSPS) is 19.3. The summed E-state index contributed by atoms with van der Waals surface area (Å²) >= 11 is 0. The minimum atomic E-state index is -0.492. The minimum Gasteiger partial charge on any atom is -0.472 e. The van der Waals surface area contributed by atoms with Gasteiger partial charge in [-0.25, -0.2) is 14.6 Å². The molecular weight excluding hydrogens is 358 g/mol. The van der Waals surface area contributed by atoms with Gasteiger partial charge in [0, 0.05) is 12.4 Å². The van der Waals surface area contributed by atoms with Gasteiger partial charge in [-0.2, -0.15) is 5.10 Å². The molecule has 0 saturated heterocycles. The van der Waals surface area contributed by atoms with Crippen LogP contribution in [0.2, 0.25) is 0 Å².